The van der Waals surface area contributed by atoms with E-state index in [2.05, 4.69) is 9.83 Å². The molecule has 10 heteroatoms. The number of oxazole rings is 1. The Hall–Kier alpha value is -3.74. The molecule has 2 aromatic carbocycles. The number of benzene rings is 2. The molecule has 1 fully saturated rings. The van der Waals surface area contributed by atoms with Crippen LogP contribution in [0, 0.1) is 6.57 Å². The highest BCUT2D eigenvalue weighted by Gasteiger charge is 2.38. The first-order chi connectivity index (χ1) is 16.1. The van der Waals surface area contributed by atoms with Gasteiger partial charge in [-0.25, -0.2) is 9.83 Å². The maximum absolute atomic E-state index is 13.8. The molecule has 1 aliphatic carbocycles. The van der Waals surface area contributed by atoms with E-state index in [-0.39, 0.29) is 35.1 Å². The van der Waals surface area contributed by atoms with Crippen LogP contribution in [0.1, 0.15) is 41.3 Å². The zero-order chi connectivity index (χ0) is 24.3. The average molecular weight is 475 g/mol. The number of rotatable bonds is 4. The van der Waals surface area contributed by atoms with Crippen LogP contribution in [0.25, 0.3) is 27.2 Å². The number of hydrogen-bond donors (Lipinski definition) is 0. The summed E-state index contributed by atoms with van der Waals surface area (Å²) in [6.07, 6.45) is -6.20. The van der Waals surface area contributed by atoms with Gasteiger partial charge in [-0.05, 0) is 49.1 Å². The standard InChI is InChI=1S/C24H15F6N3O/c1-31-18-7-8-19-17(21(18)24(28,29)30)10-20(13-5-6-13)33(19)12-16-11-32-22(34-16)14-3-2-4-15(9-14)23(25,26)27/h2-4,7-11,13H,5-6,12H2. The molecule has 0 N–H and O–H groups in total. The monoisotopic (exact) mass is 475 g/mol. The molecule has 0 spiro atoms. The predicted octanol–water partition coefficient (Wildman–Crippen LogP) is 7.81. The van der Waals surface area contributed by atoms with Crippen molar-refractivity contribution in [1.29, 1.82) is 0 Å². The van der Waals surface area contributed by atoms with Gasteiger partial charge in [-0.15, -0.1) is 0 Å². The SMILES string of the molecule is [C-]#[N+]c1ccc2c(cc(C3CC3)n2Cc2cnc(-c3cccc(C(F)(F)F)c3)o2)c1C(F)(F)F. The Labute approximate surface area is 189 Å². The average Bonchev–Trinajstić information content (AvgIpc) is 3.41. The minimum absolute atomic E-state index is 0.0168. The molecule has 1 aliphatic rings. The van der Waals surface area contributed by atoms with E-state index < -0.39 is 29.2 Å². The first-order valence-corrected chi connectivity index (χ1v) is 10.3. The van der Waals surface area contributed by atoms with Gasteiger partial charge < -0.3 is 8.98 Å². The Kier molecular flexibility index (Phi) is 4.97. The van der Waals surface area contributed by atoms with E-state index in [1.54, 1.807) is 4.57 Å². The molecule has 2 heterocycles. The number of nitrogens with zero attached hydrogens (tertiary/aromatic N) is 3. The Morgan fingerprint density at radius 3 is 2.44 bits per heavy atom. The zero-order valence-electron chi connectivity index (χ0n) is 17.3. The number of halogens is 6. The van der Waals surface area contributed by atoms with Gasteiger partial charge >= 0.3 is 12.4 Å². The molecule has 0 saturated heterocycles. The van der Waals surface area contributed by atoms with E-state index in [9.17, 15) is 26.3 Å². The maximum atomic E-state index is 13.8. The molecule has 2 aromatic heterocycles. The Balaban J connectivity index is 1.56. The summed E-state index contributed by atoms with van der Waals surface area (Å²) >= 11 is 0. The smallest absolute Gasteiger partial charge is 0.416 e. The molecule has 0 unspecified atom stereocenters. The van der Waals surface area contributed by atoms with Crippen LogP contribution in [0.2, 0.25) is 0 Å². The Morgan fingerprint density at radius 2 is 1.79 bits per heavy atom. The molecule has 4 nitrogen and oxygen atoms in total. The lowest BCUT2D eigenvalue weighted by molar-refractivity contribution is -0.137. The van der Waals surface area contributed by atoms with Gasteiger partial charge in [0.1, 0.15) is 5.76 Å². The summed E-state index contributed by atoms with van der Waals surface area (Å²) < 4.78 is 87.9. The van der Waals surface area contributed by atoms with Gasteiger partial charge in [-0.3, -0.25) is 0 Å². The summed E-state index contributed by atoms with van der Waals surface area (Å²) in [6.45, 7) is 7.19. The fourth-order valence-electron chi connectivity index (χ4n) is 4.13. The molecule has 0 radical (unpaired) electrons. The lowest BCUT2D eigenvalue weighted by Crippen LogP contribution is -2.06. The zero-order valence-corrected chi connectivity index (χ0v) is 17.3. The second kappa shape index (κ2) is 7.65. The quantitative estimate of drug-likeness (QED) is 0.223. The van der Waals surface area contributed by atoms with Crippen LogP contribution in [-0.4, -0.2) is 9.55 Å². The first kappa shape index (κ1) is 22.1. The van der Waals surface area contributed by atoms with Crippen LogP contribution in [0.15, 0.2) is 53.1 Å². The number of alkyl halides is 6. The van der Waals surface area contributed by atoms with Gasteiger partial charge in [0.05, 0.1) is 30.4 Å². The van der Waals surface area contributed by atoms with Gasteiger partial charge in [-0.1, -0.05) is 12.1 Å². The molecular formula is C24H15F6N3O. The van der Waals surface area contributed by atoms with Gasteiger partial charge in [0.15, 0.2) is 5.69 Å². The van der Waals surface area contributed by atoms with Crippen LogP contribution < -0.4 is 0 Å². The molecule has 0 bridgehead atoms. The van der Waals surface area contributed by atoms with Crippen molar-refractivity contribution < 1.29 is 30.8 Å². The second-order valence-electron chi connectivity index (χ2n) is 8.14. The lowest BCUT2D eigenvalue weighted by atomic mass is 10.1. The summed E-state index contributed by atoms with van der Waals surface area (Å²) in [4.78, 5) is 7.12. The fourth-order valence-corrected chi connectivity index (χ4v) is 4.13. The van der Waals surface area contributed by atoms with Gasteiger partial charge in [0, 0.05) is 22.2 Å². The fraction of sp³-hybridized carbons (Fsp3) is 0.250. The van der Waals surface area contributed by atoms with Gasteiger partial charge in [0.25, 0.3) is 0 Å². The van der Waals surface area contributed by atoms with Crippen molar-refractivity contribution in [2.75, 3.05) is 0 Å². The van der Waals surface area contributed by atoms with Crippen molar-refractivity contribution >= 4 is 16.6 Å². The molecule has 0 atom stereocenters. The van der Waals surface area contributed by atoms with Gasteiger partial charge in [0.2, 0.25) is 5.89 Å². The highest BCUT2D eigenvalue weighted by atomic mass is 19.4. The largest absolute Gasteiger partial charge is 0.439 e. The summed E-state index contributed by atoms with van der Waals surface area (Å²) in [6, 6.07) is 8.67. The predicted molar refractivity (Wildman–Crippen MR) is 111 cm³/mol. The first-order valence-electron chi connectivity index (χ1n) is 10.3. The van der Waals surface area contributed by atoms with Crippen molar-refractivity contribution in [2.45, 2.75) is 37.7 Å². The summed E-state index contributed by atoms with van der Waals surface area (Å²) in [7, 11) is 0. The van der Waals surface area contributed by atoms with E-state index in [0.29, 0.717) is 11.2 Å². The van der Waals surface area contributed by atoms with Crippen LogP contribution in [-0.2, 0) is 18.9 Å². The van der Waals surface area contributed by atoms with Crippen LogP contribution in [0.4, 0.5) is 32.0 Å². The van der Waals surface area contributed by atoms with E-state index >= 15 is 0 Å². The summed E-state index contributed by atoms with van der Waals surface area (Å²) in [5.41, 5.74) is -1.14. The van der Waals surface area contributed by atoms with Crippen molar-refractivity contribution in [1.82, 2.24) is 9.55 Å². The highest BCUT2D eigenvalue weighted by molar-refractivity contribution is 5.90. The molecular weight excluding hydrogens is 460 g/mol. The number of fused-ring (bicyclic) bond motifs is 1. The van der Waals surface area contributed by atoms with Crippen LogP contribution in [0.5, 0.6) is 0 Å². The topological polar surface area (TPSA) is 35.3 Å². The van der Waals surface area contributed by atoms with E-state index in [1.165, 1.54) is 30.5 Å². The molecule has 4 aromatic rings. The minimum Gasteiger partial charge on any atom is -0.439 e. The second-order valence-corrected chi connectivity index (χ2v) is 8.14. The maximum Gasteiger partial charge on any atom is 0.416 e. The van der Waals surface area contributed by atoms with Crippen molar-refractivity contribution in [3.8, 4) is 11.5 Å². The minimum atomic E-state index is -4.70. The highest BCUT2D eigenvalue weighted by Crippen LogP contribution is 2.47. The van der Waals surface area contributed by atoms with E-state index in [4.69, 9.17) is 11.0 Å². The number of aromatic nitrogens is 2. The summed E-state index contributed by atoms with van der Waals surface area (Å²) in [5, 5.41) is -0.0551. The van der Waals surface area contributed by atoms with Crippen LogP contribution >= 0.6 is 0 Å². The molecule has 0 aliphatic heterocycles. The third-order valence-electron chi connectivity index (χ3n) is 5.80. The van der Waals surface area contributed by atoms with E-state index in [1.807, 2.05) is 0 Å². The van der Waals surface area contributed by atoms with Crippen LogP contribution in [0.3, 0.4) is 0 Å². The third kappa shape index (κ3) is 3.91. The summed E-state index contributed by atoms with van der Waals surface area (Å²) in [5.74, 6) is 0.363. The third-order valence-corrected chi connectivity index (χ3v) is 5.80. The number of hydrogen-bond acceptors (Lipinski definition) is 2. The lowest BCUT2D eigenvalue weighted by Gasteiger charge is -2.12. The molecule has 34 heavy (non-hydrogen) atoms. The molecule has 174 valence electrons. The molecule has 0 amide bonds. The van der Waals surface area contributed by atoms with Crippen molar-refractivity contribution in [3.63, 3.8) is 0 Å². The van der Waals surface area contributed by atoms with Gasteiger partial charge in [-0.2, -0.15) is 26.3 Å². The molecule has 1 saturated carbocycles. The van der Waals surface area contributed by atoms with E-state index in [0.717, 1.165) is 31.0 Å². The van der Waals surface area contributed by atoms with Crippen molar-refractivity contribution in [2.24, 2.45) is 0 Å². The van der Waals surface area contributed by atoms with Crippen molar-refractivity contribution in [3.05, 3.63) is 82.7 Å². The Morgan fingerprint density at radius 1 is 1.03 bits per heavy atom. The normalized spacial score (nSPS) is 14.5. The molecule has 5 rings (SSSR count). The Bertz CT molecular complexity index is 1430.